The highest BCUT2D eigenvalue weighted by Crippen LogP contribution is 2.28. The normalized spacial score (nSPS) is 10.6. The number of benzene rings is 2. The first-order valence-electron chi connectivity index (χ1n) is 5.05. The molecule has 0 aliphatic heterocycles. The molecular weight excluding hydrogens is 389 g/mol. The summed E-state index contributed by atoms with van der Waals surface area (Å²) in [5.74, 6) is -3.62. The van der Waals surface area contributed by atoms with Crippen molar-refractivity contribution in [1.82, 2.24) is 0 Å². The van der Waals surface area contributed by atoms with Gasteiger partial charge in [-0.15, -0.1) is 0 Å². The predicted molar refractivity (Wildman–Crippen MR) is 71.6 cm³/mol. The maximum absolute atomic E-state index is 13.8. The van der Waals surface area contributed by atoms with Crippen LogP contribution in [0.15, 0.2) is 39.3 Å². The summed E-state index contributed by atoms with van der Waals surface area (Å²) in [5, 5.41) is 0. The lowest BCUT2D eigenvalue weighted by atomic mass is 10.0. The third-order valence-electron chi connectivity index (χ3n) is 2.47. The van der Waals surface area contributed by atoms with Crippen LogP contribution < -0.4 is 0 Å². The molecule has 2 aromatic rings. The summed E-state index contributed by atoms with van der Waals surface area (Å²) in [7, 11) is 0. The van der Waals surface area contributed by atoms with Crippen LogP contribution in [0.25, 0.3) is 0 Å². The van der Waals surface area contributed by atoms with Gasteiger partial charge in [-0.05, 0) is 56.1 Å². The molecule has 0 saturated heterocycles. The Kier molecular flexibility index (Phi) is 4.10. The van der Waals surface area contributed by atoms with Gasteiger partial charge in [0.05, 0.1) is 14.5 Å². The molecule has 0 aliphatic rings. The largest absolute Gasteiger partial charge is 0.288 e. The summed E-state index contributed by atoms with van der Waals surface area (Å²) in [6.07, 6.45) is 0. The molecule has 19 heavy (non-hydrogen) atoms. The van der Waals surface area contributed by atoms with Gasteiger partial charge in [-0.2, -0.15) is 0 Å². The third kappa shape index (κ3) is 2.60. The maximum atomic E-state index is 13.8. The second-order valence-electron chi connectivity index (χ2n) is 3.65. The van der Waals surface area contributed by atoms with Gasteiger partial charge in [0, 0.05) is 5.56 Å². The fraction of sp³-hybridized carbons (Fsp3) is 0. The van der Waals surface area contributed by atoms with Crippen LogP contribution in [0.1, 0.15) is 15.9 Å². The van der Waals surface area contributed by atoms with E-state index in [9.17, 15) is 18.0 Å². The van der Waals surface area contributed by atoms with Crippen molar-refractivity contribution < 1.29 is 18.0 Å². The van der Waals surface area contributed by atoms with Crippen molar-refractivity contribution in [3.8, 4) is 0 Å². The summed E-state index contributed by atoms with van der Waals surface area (Å²) in [6, 6.07) is 5.83. The number of rotatable bonds is 2. The summed E-state index contributed by atoms with van der Waals surface area (Å²) in [4.78, 5) is 12.1. The molecule has 0 bridgehead atoms. The van der Waals surface area contributed by atoms with E-state index >= 15 is 0 Å². The average molecular weight is 394 g/mol. The molecule has 0 amide bonds. The first-order chi connectivity index (χ1) is 8.93. The van der Waals surface area contributed by atoms with Crippen LogP contribution in [0.5, 0.6) is 0 Å². The van der Waals surface area contributed by atoms with E-state index in [0.29, 0.717) is 0 Å². The molecule has 0 fully saturated rings. The van der Waals surface area contributed by atoms with Gasteiger partial charge in [0.1, 0.15) is 11.6 Å². The average Bonchev–Trinajstić information content (AvgIpc) is 2.37. The Balaban J connectivity index is 2.63. The first-order valence-corrected chi connectivity index (χ1v) is 6.64. The molecule has 0 spiro atoms. The van der Waals surface area contributed by atoms with Crippen molar-refractivity contribution in [1.29, 1.82) is 0 Å². The number of hydrogen-bond donors (Lipinski definition) is 0. The molecule has 0 saturated carbocycles. The quantitative estimate of drug-likeness (QED) is 0.526. The monoisotopic (exact) mass is 392 g/mol. The highest BCUT2D eigenvalue weighted by Gasteiger charge is 2.23. The van der Waals surface area contributed by atoms with E-state index in [0.717, 1.165) is 18.2 Å². The van der Waals surface area contributed by atoms with E-state index in [1.165, 1.54) is 12.1 Å². The Hall–Kier alpha value is -1.14. The minimum Gasteiger partial charge on any atom is -0.288 e. The molecule has 0 atom stereocenters. The summed E-state index contributed by atoms with van der Waals surface area (Å²) >= 11 is 5.77. The molecule has 0 N–H and O–H groups in total. The molecular formula is C13H5Br2F3O. The molecule has 0 aliphatic carbocycles. The number of carbonyl (C=O) groups is 1. The molecule has 0 aromatic heterocycles. The van der Waals surface area contributed by atoms with Crippen molar-refractivity contribution in [3.05, 3.63) is 67.9 Å². The molecule has 0 radical (unpaired) electrons. The molecule has 1 nitrogen and oxygen atoms in total. The highest BCUT2D eigenvalue weighted by atomic mass is 79.9. The predicted octanol–water partition coefficient (Wildman–Crippen LogP) is 4.86. The van der Waals surface area contributed by atoms with E-state index in [1.54, 1.807) is 0 Å². The second kappa shape index (κ2) is 5.46. The minimum absolute atomic E-state index is 0.0372. The maximum Gasteiger partial charge on any atom is 0.200 e. The smallest absolute Gasteiger partial charge is 0.200 e. The lowest BCUT2D eigenvalue weighted by Crippen LogP contribution is -2.09. The van der Waals surface area contributed by atoms with Crippen LogP contribution in [0, 0.1) is 17.5 Å². The third-order valence-corrected chi connectivity index (χ3v) is 3.89. The summed E-state index contributed by atoms with van der Waals surface area (Å²) < 4.78 is 40.6. The SMILES string of the molecule is O=C(c1cccc(F)c1Br)c1c(F)ccc(Br)c1F. The Morgan fingerprint density at radius 2 is 1.63 bits per heavy atom. The molecule has 6 heteroatoms. The Morgan fingerprint density at radius 3 is 2.32 bits per heavy atom. The van der Waals surface area contributed by atoms with Crippen molar-refractivity contribution in [2.75, 3.05) is 0 Å². The fourth-order valence-corrected chi connectivity index (χ4v) is 2.32. The van der Waals surface area contributed by atoms with E-state index < -0.39 is 28.8 Å². The zero-order chi connectivity index (χ0) is 14.2. The van der Waals surface area contributed by atoms with Gasteiger partial charge in [-0.25, -0.2) is 13.2 Å². The van der Waals surface area contributed by atoms with Gasteiger partial charge >= 0.3 is 0 Å². The van der Waals surface area contributed by atoms with Crippen LogP contribution in [0.2, 0.25) is 0 Å². The highest BCUT2D eigenvalue weighted by molar-refractivity contribution is 9.10. The molecule has 98 valence electrons. The van der Waals surface area contributed by atoms with Crippen LogP contribution in [-0.2, 0) is 0 Å². The van der Waals surface area contributed by atoms with Crippen molar-refractivity contribution in [3.63, 3.8) is 0 Å². The van der Waals surface area contributed by atoms with Crippen LogP contribution in [-0.4, -0.2) is 5.78 Å². The first kappa shape index (κ1) is 14.3. The van der Waals surface area contributed by atoms with Crippen LogP contribution in [0.4, 0.5) is 13.2 Å². The van der Waals surface area contributed by atoms with Crippen molar-refractivity contribution in [2.24, 2.45) is 0 Å². The van der Waals surface area contributed by atoms with E-state index in [1.807, 2.05) is 0 Å². The molecule has 2 aromatic carbocycles. The zero-order valence-electron chi connectivity index (χ0n) is 9.18. The lowest BCUT2D eigenvalue weighted by molar-refractivity contribution is 0.102. The Morgan fingerprint density at radius 1 is 0.947 bits per heavy atom. The van der Waals surface area contributed by atoms with Gasteiger partial charge < -0.3 is 0 Å². The molecule has 2 rings (SSSR count). The van der Waals surface area contributed by atoms with Crippen molar-refractivity contribution >= 4 is 37.6 Å². The number of halogens is 5. The van der Waals surface area contributed by atoms with Crippen molar-refractivity contribution in [2.45, 2.75) is 0 Å². The van der Waals surface area contributed by atoms with Gasteiger partial charge in [-0.1, -0.05) is 6.07 Å². The Labute approximate surface area is 123 Å². The van der Waals surface area contributed by atoms with Gasteiger partial charge in [0.15, 0.2) is 11.6 Å². The van der Waals surface area contributed by atoms with E-state index in [4.69, 9.17) is 0 Å². The lowest BCUT2D eigenvalue weighted by Gasteiger charge is -2.07. The number of hydrogen-bond acceptors (Lipinski definition) is 1. The summed E-state index contributed by atoms with van der Waals surface area (Å²) in [6.45, 7) is 0. The number of ketones is 1. The van der Waals surface area contributed by atoms with Gasteiger partial charge in [0.25, 0.3) is 0 Å². The fourth-order valence-electron chi connectivity index (χ4n) is 1.55. The zero-order valence-corrected chi connectivity index (χ0v) is 12.4. The molecule has 0 unspecified atom stereocenters. The standard InChI is InChI=1S/C13H5Br2F3O/c14-7-4-5-8(16)10(12(7)18)13(19)6-2-1-3-9(17)11(6)15/h1-5H. The van der Waals surface area contributed by atoms with Crippen LogP contribution >= 0.6 is 31.9 Å². The van der Waals surface area contributed by atoms with Gasteiger partial charge in [0.2, 0.25) is 0 Å². The van der Waals surface area contributed by atoms with E-state index in [-0.39, 0.29) is 14.5 Å². The van der Waals surface area contributed by atoms with Crippen LogP contribution in [0.3, 0.4) is 0 Å². The second-order valence-corrected chi connectivity index (χ2v) is 5.30. The topological polar surface area (TPSA) is 17.1 Å². The minimum atomic E-state index is -1.01. The molecule has 0 heterocycles. The number of carbonyl (C=O) groups excluding carboxylic acids is 1. The summed E-state index contributed by atoms with van der Waals surface area (Å²) in [5.41, 5.74) is -0.864. The van der Waals surface area contributed by atoms with E-state index in [2.05, 4.69) is 31.9 Å². The Bertz CT molecular complexity index is 671. The van der Waals surface area contributed by atoms with Gasteiger partial charge in [-0.3, -0.25) is 4.79 Å².